The molecule has 2 amide bonds. The van der Waals surface area contributed by atoms with E-state index in [1.54, 1.807) is 24.3 Å². The van der Waals surface area contributed by atoms with Gasteiger partial charge in [-0.3, -0.25) is 15.0 Å². The monoisotopic (exact) mass is 701 g/mol. The summed E-state index contributed by atoms with van der Waals surface area (Å²) < 4.78 is 97.7. The number of carbonyl (C=O) groups excluding carboxylic acids is 2. The maximum atomic E-state index is 14.7. The highest BCUT2D eigenvalue weighted by atomic mass is 19.4. The molecule has 2 heterocycles. The number of nitrogens with one attached hydrogen (secondary N) is 4. The Balaban J connectivity index is 1.58. The molecule has 3 aromatic rings. The van der Waals surface area contributed by atoms with Gasteiger partial charge in [-0.15, -0.1) is 0 Å². The summed E-state index contributed by atoms with van der Waals surface area (Å²) in [4.78, 5) is 30.5. The predicted octanol–water partition coefficient (Wildman–Crippen LogP) is 5.65. The molecule has 0 fully saturated rings. The van der Waals surface area contributed by atoms with Crippen molar-refractivity contribution in [3.05, 3.63) is 99.5 Å². The maximum absolute atomic E-state index is 14.7. The minimum atomic E-state index is -5.20. The van der Waals surface area contributed by atoms with Crippen LogP contribution in [0.15, 0.2) is 59.8 Å². The number of rotatable bonds is 9. The first kappa shape index (κ1) is 36.1. The molecule has 1 atom stereocenters. The van der Waals surface area contributed by atoms with E-state index in [9.17, 15) is 45.4 Å². The Morgan fingerprint density at radius 2 is 1.76 bits per heavy atom. The maximum Gasteiger partial charge on any atom is 0.433 e. The van der Waals surface area contributed by atoms with Crippen LogP contribution < -0.4 is 16.0 Å². The summed E-state index contributed by atoms with van der Waals surface area (Å²) in [6.45, 7) is 2.07. The molecule has 1 aliphatic carbocycles. The lowest BCUT2D eigenvalue weighted by atomic mass is 9.91. The number of carbonyl (C=O) groups is 2. The van der Waals surface area contributed by atoms with Crippen LogP contribution in [0.4, 0.5) is 30.7 Å². The fraction of sp³-hybridized carbons (Fsp3) is 0.314. The minimum absolute atomic E-state index is 0.0579. The average Bonchev–Trinajstić information content (AvgIpc) is 3.54. The number of fused-ring (bicyclic) bond motifs is 1. The summed E-state index contributed by atoms with van der Waals surface area (Å²) >= 11 is 0. The van der Waals surface area contributed by atoms with Gasteiger partial charge in [-0.05, 0) is 79.6 Å². The molecular weight excluding hydrogens is 671 g/mol. The van der Waals surface area contributed by atoms with Gasteiger partial charge in [-0.1, -0.05) is 18.1 Å². The molecule has 1 unspecified atom stereocenters. The fourth-order valence-corrected chi connectivity index (χ4v) is 5.77. The Hall–Kier alpha value is -5.23. The number of nitrogens with zero attached hydrogens (tertiary/aromatic N) is 1. The second kappa shape index (κ2) is 13.6. The van der Waals surface area contributed by atoms with Crippen LogP contribution >= 0.6 is 0 Å². The molecule has 50 heavy (non-hydrogen) atoms. The van der Waals surface area contributed by atoms with E-state index in [1.165, 1.54) is 19.9 Å². The first-order valence-corrected chi connectivity index (χ1v) is 15.2. The van der Waals surface area contributed by atoms with Gasteiger partial charge in [0.15, 0.2) is 0 Å². The van der Waals surface area contributed by atoms with E-state index in [4.69, 9.17) is 5.41 Å². The van der Waals surface area contributed by atoms with Crippen LogP contribution in [-0.4, -0.2) is 51.9 Å². The Labute approximate surface area is 281 Å². The van der Waals surface area contributed by atoms with Crippen molar-refractivity contribution < 1.29 is 45.4 Å². The highest BCUT2D eigenvalue weighted by Gasteiger charge is 2.48. The molecule has 0 radical (unpaired) electrons. The van der Waals surface area contributed by atoms with E-state index in [0.717, 1.165) is 12.1 Å². The van der Waals surface area contributed by atoms with E-state index in [1.807, 2.05) is 0 Å². The Kier molecular flexibility index (Phi) is 9.80. The van der Waals surface area contributed by atoms with Crippen LogP contribution in [0.5, 0.6) is 0 Å². The summed E-state index contributed by atoms with van der Waals surface area (Å²) in [5, 5.41) is 25.0. The highest BCUT2D eigenvalue weighted by Crippen LogP contribution is 2.41. The zero-order chi connectivity index (χ0) is 36.6. The van der Waals surface area contributed by atoms with Crippen molar-refractivity contribution in [1.29, 1.82) is 5.41 Å². The number of aromatic nitrogens is 1. The van der Waals surface area contributed by atoms with Gasteiger partial charge in [0.25, 0.3) is 11.8 Å². The Morgan fingerprint density at radius 3 is 2.42 bits per heavy atom. The van der Waals surface area contributed by atoms with Gasteiger partial charge in [-0.2, -0.15) is 22.0 Å². The standard InChI is InChI=1S/C35H30F7N5O3/c1-33(2,50)10-8-21-6-7-23(22-4-3-5-24-26(22)16-45-32(24)49)29(46-21)27(14-18-12-19(36)15-20(37)13-18)47-28(48)17-44-31-25(9-11-34(31,38)39)30(43)35(40,41)42/h3-7,12-13,15,27,43-44,50H,9,11,14,16-17H2,1-2H3,(H,45,49)(H,47,48). The van der Waals surface area contributed by atoms with Crippen molar-refractivity contribution in [2.24, 2.45) is 0 Å². The van der Waals surface area contributed by atoms with Crippen molar-refractivity contribution in [3.63, 3.8) is 0 Å². The first-order valence-electron chi connectivity index (χ1n) is 15.2. The smallest absolute Gasteiger partial charge is 0.378 e. The third-order valence-electron chi connectivity index (χ3n) is 7.95. The Morgan fingerprint density at radius 1 is 1.08 bits per heavy atom. The van der Waals surface area contributed by atoms with Gasteiger partial charge < -0.3 is 21.1 Å². The molecule has 0 saturated carbocycles. The van der Waals surface area contributed by atoms with Crippen molar-refractivity contribution in [3.8, 4) is 23.0 Å². The van der Waals surface area contributed by atoms with Gasteiger partial charge >= 0.3 is 6.18 Å². The number of benzene rings is 2. The van der Waals surface area contributed by atoms with E-state index >= 15 is 0 Å². The normalized spacial score (nSPS) is 15.9. The van der Waals surface area contributed by atoms with Gasteiger partial charge in [0.1, 0.15) is 28.6 Å². The van der Waals surface area contributed by atoms with E-state index in [0.29, 0.717) is 28.3 Å². The molecule has 1 aliphatic heterocycles. The number of aliphatic hydroxyl groups is 1. The predicted molar refractivity (Wildman–Crippen MR) is 168 cm³/mol. The average molecular weight is 702 g/mol. The van der Waals surface area contributed by atoms with Gasteiger partial charge in [-0.25, -0.2) is 13.8 Å². The van der Waals surface area contributed by atoms with Crippen LogP contribution in [0, 0.1) is 28.9 Å². The van der Waals surface area contributed by atoms with Gasteiger partial charge in [0.2, 0.25) is 5.91 Å². The van der Waals surface area contributed by atoms with Crippen LogP contribution in [0.1, 0.15) is 65.6 Å². The number of alkyl halides is 5. The second-order valence-corrected chi connectivity index (χ2v) is 12.3. The second-order valence-electron chi connectivity index (χ2n) is 12.3. The zero-order valence-electron chi connectivity index (χ0n) is 26.6. The molecule has 8 nitrogen and oxygen atoms in total. The number of allylic oxidation sites excluding steroid dienone is 2. The largest absolute Gasteiger partial charge is 0.433 e. The van der Waals surface area contributed by atoms with E-state index in [-0.39, 0.29) is 35.8 Å². The molecule has 0 bridgehead atoms. The minimum Gasteiger partial charge on any atom is -0.378 e. The Bertz CT molecular complexity index is 1950. The van der Waals surface area contributed by atoms with E-state index < -0.39 is 77.7 Å². The molecule has 0 spiro atoms. The van der Waals surface area contributed by atoms with Crippen LogP contribution in [0.3, 0.4) is 0 Å². The molecule has 0 saturated heterocycles. The first-order chi connectivity index (χ1) is 23.3. The topological polar surface area (TPSA) is 127 Å². The summed E-state index contributed by atoms with van der Waals surface area (Å²) in [5.41, 5.74) is -3.44. The highest BCUT2D eigenvalue weighted by molar-refractivity contribution is 6.03. The molecular formula is C35H30F7N5O3. The number of amides is 2. The molecule has 2 aromatic carbocycles. The molecule has 5 rings (SSSR count). The fourth-order valence-electron chi connectivity index (χ4n) is 5.77. The molecule has 262 valence electrons. The molecule has 5 N–H and O–H groups in total. The molecule has 1 aromatic heterocycles. The van der Waals surface area contributed by atoms with E-state index in [2.05, 4.69) is 32.8 Å². The molecule has 2 aliphatic rings. The number of halogens is 7. The number of hydrogen-bond donors (Lipinski definition) is 5. The van der Waals surface area contributed by atoms with Gasteiger partial charge in [0, 0.05) is 35.7 Å². The van der Waals surface area contributed by atoms with Crippen LogP contribution in [0.2, 0.25) is 0 Å². The number of pyridine rings is 1. The SMILES string of the molecule is CC(C)(O)C#Cc1ccc(-c2cccc3c2CNC3=O)c(C(Cc2cc(F)cc(F)c2)NC(=O)CNC2=C(C(=N)C(F)(F)F)CCC2(F)F)n1. The lowest BCUT2D eigenvalue weighted by Crippen LogP contribution is -2.40. The van der Waals surface area contributed by atoms with Crippen molar-refractivity contribution in [2.45, 2.75) is 63.4 Å². The summed E-state index contributed by atoms with van der Waals surface area (Å²) in [7, 11) is 0. The number of hydrogen-bond acceptors (Lipinski definition) is 6. The lowest BCUT2D eigenvalue weighted by molar-refractivity contribution is -0.121. The van der Waals surface area contributed by atoms with Crippen LogP contribution in [0.25, 0.3) is 11.1 Å². The van der Waals surface area contributed by atoms with Crippen molar-refractivity contribution in [1.82, 2.24) is 20.9 Å². The van der Waals surface area contributed by atoms with Gasteiger partial charge in [0.05, 0.1) is 24.0 Å². The quantitative estimate of drug-likeness (QED) is 0.112. The summed E-state index contributed by atoms with van der Waals surface area (Å²) in [6.07, 6.45) is -7.25. The van der Waals surface area contributed by atoms with Crippen LogP contribution in [-0.2, 0) is 17.8 Å². The lowest BCUT2D eigenvalue weighted by Gasteiger charge is -2.24. The summed E-state index contributed by atoms with van der Waals surface area (Å²) in [5.74, 6) is -1.61. The summed E-state index contributed by atoms with van der Waals surface area (Å²) in [6, 6.07) is 9.45. The van der Waals surface area contributed by atoms with Crippen molar-refractivity contribution in [2.75, 3.05) is 6.54 Å². The molecule has 15 heteroatoms. The zero-order valence-corrected chi connectivity index (χ0v) is 26.6. The third-order valence-corrected chi connectivity index (χ3v) is 7.95. The third kappa shape index (κ3) is 8.14. The van der Waals surface area contributed by atoms with Crippen molar-refractivity contribution >= 4 is 17.5 Å².